The Bertz CT molecular complexity index is 356. The van der Waals surface area contributed by atoms with Gasteiger partial charge in [-0.3, -0.25) is 0 Å². The fourth-order valence-corrected chi connectivity index (χ4v) is 3.13. The maximum atomic E-state index is 12.1. The lowest BCUT2D eigenvalue weighted by molar-refractivity contribution is 0.201. The summed E-state index contributed by atoms with van der Waals surface area (Å²) in [7, 11) is 0. The van der Waals surface area contributed by atoms with Gasteiger partial charge in [-0.1, -0.05) is 19.9 Å². The van der Waals surface area contributed by atoms with Crippen LogP contribution in [0.2, 0.25) is 0 Å². The Morgan fingerprint density at radius 2 is 2.12 bits per heavy atom. The van der Waals surface area contributed by atoms with Crippen LogP contribution in [0.5, 0.6) is 0 Å². The molecule has 1 unspecified atom stereocenters. The minimum absolute atomic E-state index is 0.0922. The van der Waals surface area contributed by atoms with Gasteiger partial charge in [-0.2, -0.15) is 0 Å². The van der Waals surface area contributed by atoms with Crippen molar-refractivity contribution in [1.82, 2.24) is 10.2 Å². The summed E-state index contributed by atoms with van der Waals surface area (Å²) >= 11 is 1.71. The molecule has 0 aliphatic carbocycles. The largest absolute Gasteiger partial charge is 0.330 e. The Balaban J connectivity index is 2.00. The highest BCUT2D eigenvalue weighted by Crippen LogP contribution is 2.26. The molecule has 1 aliphatic rings. The average molecular weight is 252 g/mol. The first-order valence-electron chi connectivity index (χ1n) is 6.27. The number of nitrogens with one attached hydrogen (secondary N) is 1. The minimum Gasteiger partial charge on any atom is -0.330 e. The molecular weight excluding hydrogens is 232 g/mol. The molecule has 4 heteroatoms. The van der Waals surface area contributed by atoms with Crippen LogP contribution in [0.4, 0.5) is 4.79 Å². The van der Waals surface area contributed by atoms with Crippen LogP contribution in [0.1, 0.15) is 37.6 Å². The quantitative estimate of drug-likeness (QED) is 0.880. The third-order valence-electron chi connectivity index (χ3n) is 3.19. The van der Waals surface area contributed by atoms with E-state index in [1.54, 1.807) is 11.3 Å². The first kappa shape index (κ1) is 12.4. The molecule has 2 amide bonds. The van der Waals surface area contributed by atoms with Gasteiger partial charge in [-0.05, 0) is 30.2 Å². The number of urea groups is 1. The van der Waals surface area contributed by atoms with E-state index < -0.39 is 0 Å². The van der Waals surface area contributed by atoms with Crippen LogP contribution in [-0.2, 0) is 0 Å². The number of hydrogen-bond donors (Lipinski definition) is 1. The van der Waals surface area contributed by atoms with E-state index in [1.165, 1.54) is 4.88 Å². The van der Waals surface area contributed by atoms with E-state index in [9.17, 15) is 4.79 Å². The van der Waals surface area contributed by atoms with Crippen molar-refractivity contribution < 1.29 is 4.79 Å². The average Bonchev–Trinajstić information content (AvgIpc) is 2.97. The Morgan fingerprint density at radius 1 is 1.41 bits per heavy atom. The van der Waals surface area contributed by atoms with E-state index in [4.69, 9.17) is 0 Å². The van der Waals surface area contributed by atoms with Crippen LogP contribution >= 0.6 is 11.3 Å². The van der Waals surface area contributed by atoms with E-state index >= 15 is 0 Å². The lowest BCUT2D eigenvalue weighted by Gasteiger charge is -2.25. The van der Waals surface area contributed by atoms with E-state index in [1.807, 2.05) is 11.0 Å². The summed E-state index contributed by atoms with van der Waals surface area (Å²) in [5.74, 6) is 0.417. The van der Waals surface area contributed by atoms with E-state index in [0.29, 0.717) is 5.92 Å². The highest BCUT2D eigenvalue weighted by molar-refractivity contribution is 7.10. The molecule has 1 aliphatic heterocycles. The van der Waals surface area contributed by atoms with Gasteiger partial charge in [-0.25, -0.2) is 4.79 Å². The van der Waals surface area contributed by atoms with E-state index in [-0.39, 0.29) is 12.1 Å². The zero-order chi connectivity index (χ0) is 12.3. The van der Waals surface area contributed by atoms with Crippen LogP contribution in [0.25, 0.3) is 0 Å². The third-order valence-corrected chi connectivity index (χ3v) is 4.14. The summed E-state index contributed by atoms with van der Waals surface area (Å²) in [6, 6.07) is 4.37. The molecule has 1 N–H and O–H groups in total. The van der Waals surface area contributed by atoms with Crippen molar-refractivity contribution >= 4 is 17.4 Å². The molecular formula is C13H20N2OS. The zero-order valence-corrected chi connectivity index (χ0v) is 11.3. The number of nitrogens with zero attached hydrogens (tertiary/aromatic N) is 1. The van der Waals surface area contributed by atoms with Gasteiger partial charge in [0.1, 0.15) is 0 Å². The second kappa shape index (κ2) is 5.54. The number of carbonyl (C=O) groups excluding carboxylic acids is 1. The molecule has 0 saturated carbocycles. The summed E-state index contributed by atoms with van der Waals surface area (Å²) in [5.41, 5.74) is 0. The monoisotopic (exact) mass is 252 g/mol. The lowest BCUT2D eigenvalue weighted by atomic mass is 10.0. The normalized spacial score (nSPS) is 17.5. The number of hydrogen-bond acceptors (Lipinski definition) is 2. The van der Waals surface area contributed by atoms with Crippen LogP contribution in [0.15, 0.2) is 17.5 Å². The second-order valence-electron chi connectivity index (χ2n) is 4.88. The van der Waals surface area contributed by atoms with Gasteiger partial charge in [0.2, 0.25) is 0 Å². The van der Waals surface area contributed by atoms with Crippen LogP contribution in [-0.4, -0.2) is 24.0 Å². The fourth-order valence-electron chi connectivity index (χ4n) is 2.18. The predicted molar refractivity (Wildman–Crippen MR) is 71.2 cm³/mol. The maximum Gasteiger partial charge on any atom is 0.317 e. The summed E-state index contributed by atoms with van der Waals surface area (Å²) in [5, 5.41) is 5.22. The molecule has 0 spiro atoms. The van der Waals surface area contributed by atoms with E-state index in [0.717, 1.165) is 25.9 Å². The zero-order valence-electron chi connectivity index (χ0n) is 10.5. The van der Waals surface area contributed by atoms with Gasteiger partial charge in [0.05, 0.1) is 6.04 Å². The number of carbonyl (C=O) groups is 1. The number of rotatable bonds is 3. The molecule has 2 rings (SSSR count). The molecule has 1 atom stereocenters. The molecule has 1 aromatic heterocycles. The molecule has 2 heterocycles. The number of amides is 2. The van der Waals surface area contributed by atoms with Gasteiger partial charge in [0.25, 0.3) is 0 Å². The molecule has 0 bridgehead atoms. The van der Waals surface area contributed by atoms with Gasteiger partial charge in [0.15, 0.2) is 0 Å². The first-order chi connectivity index (χ1) is 8.18. The summed E-state index contributed by atoms with van der Waals surface area (Å²) in [6.45, 7) is 6.10. The number of thiophene rings is 1. The van der Waals surface area contributed by atoms with Gasteiger partial charge in [0, 0.05) is 18.0 Å². The summed E-state index contributed by atoms with van der Waals surface area (Å²) in [6.07, 6.45) is 2.28. The maximum absolute atomic E-state index is 12.1. The summed E-state index contributed by atoms with van der Waals surface area (Å²) in [4.78, 5) is 15.2. The van der Waals surface area contributed by atoms with Gasteiger partial charge >= 0.3 is 6.03 Å². The van der Waals surface area contributed by atoms with Crippen molar-refractivity contribution in [3.8, 4) is 0 Å². The Labute approximate surface area is 107 Å². The SMILES string of the molecule is CC(C)C(NC(=O)N1CCCC1)c1cccs1. The number of likely N-dealkylation sites (tertiary alicyclic amines) is 1. The molecule has 1 aromatic rings. The van der Waals surface area contributed by atoms with Gasteiger partial charge in [-0.15, -0.1) is 11.3 Å². The van der Waals surface area contributed by atoms with Crippen molar-refractivity contribution in [1.29, 1.82) is 0 Å². The highest BCUT2D eigenvalue weighted by atomic mass is 32.1. The van der Waals surface area contributed by atoms with E-state index in [2.05, 4.69) is 30.6 Å². The minimum atomic E-state index is 0.0922. The van der Waals surface area contributed by atoms with Gasteiger partial charge < -0.3 is 10.2 Å². The van der Waals surface area contributed by atoms with Crippen molar-refractivity contribution in [3.63, 3.8) is 0 Å². The van der Waals surface area contributed by atoms with Crippen molar-refractivity contribution in [2.45, 2.75) is 32.7 Å². The molecule has 94 valence electrons. The molecule has 3 nitrogen and oxygen atoms in total. The van der Waals surface area contributed by atoms with Crippen molar-refractivity contribution in [3.05, 3.63) is 22.4 Å². The molecule has 0 aromatic carbocycles. The van der Waals surface area contributed by atoms with Crippen LogP contribution in [0, 0.1) is 5.92 Å². The smallest absolute Gasteiger partial charge is 0.317 e. The topological polar surface area (TPSA) is 32.3 Å². The van der Waals surface area contributed by atoms with Crippen LogP contribution in [0.3, 0.4) is 0 Å². The molecule has 0 radical (unpaired) electrons. The lowest BCUT2D eigenvalue weighted by Crippen LogP contribution is -2.41. The first-order valence-corrected chi connectivity index (χ1v) is 7.15. The highest BCUT2D eigenvalue weighted by Gasteiger charge is 2.23. The van der Waals surface area contributed by atoms with Crippen LogP contribution < -0.4 is 5.32 Å². The molecule has 17 heavy (non-hydrogen) atoms. The standard InChI is InChI=1S/C13H20N2OS/c1-10(2)12(11-6-5-9-17-11)14-13(16)15-7-3-4-8-15/h5-6,9-10,12H,3-4,7-8H2,1-2H3,(H,14,16). The van der Waals surface area contributed by atoms with Crippen molar-refractivity contribution in [2.24, 2.45) is 5.92 Å². The second-order valence-corrected chi connectivity index (χ2v) is 5.86. The Kier molecular flexibility index (Phi) is 4.05. The predicted octanol–water partition coefficient (Wildman–Crippen LogP) is 3.25. The molecule has 1 saturated heterocycles. The fraction of sp³-hybridized carbons (Fsp3) is 0.615. The van der Waals surface area contributed by atoms with Crippen molar-refractivity contribution in [2.75, 3.05) is 13.1 Å². The Morgan fingerprint density at radius 3 is 2.65 bits per heavy atom. The Hall–Kier alpha value is -1.03. The summed E-state index contributed by atoms with van der Waals surface area (Å²) < 4.78 is 0. The molecule has 1 fully saturated rings. The third kappa shape index (κ3) is 3.00.